The minimum absolute atomic E-state index is 0.149. The molecule has 240 valence electrons. The van der Waals surface area contributed by atoms with Crippen LogP contribution >= 0.6 is 0 Å². The minimum Gasteiger partial charge on any atom is -0.444 e. The van der Waals surface area contributed by atoms with Crippen LogP contribution in [0.2, 0.25) is 0 Å². The van der Waals surface area contributed by atoms with E-state index in [4.69, 9.17) is 10.5 Å². The SMILES string of the molecule is CC(C)(C)OC(=O)N1CCC[C@@H](N(C(=O)c2ccc(-n3nnc4cccnc43)cc2F)c2nccc3ccc(/C=C/C(N)=O)cc23)C1. The zero-order valence-corrected chi connectivity index (χ0v) is 26.1. The first-order valence-electron chi connectivity index (χ1n) is 15.1. The van der Waals surface area contributed by atoms with Crippen LogP contribution in [0.5, 0.6) is 0 Å². The Balaban J connectivity index is 1.43. The van der Waals surface area contributed by atoms with E-state index >= 15 is 4.39 Å². The van der Waals surface area contributed by atoms with Crippen LogP contribution in [-0.2, 0) is 9.53 Å². The number of carbonyl (C=O) groups is 3. The standard InChI is InChI=1S/C34H33FN8O4/c1-34(2,3)47-33(46)41-17-5-6-24(20-41)42(30-26-18-21(9-13-29(36)44)8-10-22(26)14-16-38-30)32(45)25-12-11-23(19-27(25)35)43-31-28(39-40-43)7-4-15-37-31/h4,7-16,18-19,24H,5-6,17,20H2,1-3H3,(H2,36,44)/b13-9+/t24-/m1/s1. The van der Waals surface area contributed by atoms with Crippen LogP contribution in [0.4, 0.5) is 15.0 Å². The molecule has 5 aromatic rings. The molecule has 1 fully saturated rings. The van der Waals surface area contributed by atoms with Crippen LogP contribution in [-0.4, -0.2) is 72.5 Å². The third-order valence-corrected chi connectivity index (χ3v) is 7.71. The van der Waals surface area contributed by atoms with Crippen molar-refractivity contribution >= 4 is 51.7 Å². The molecule has 0 saturated carbocycles. The number of nitrogens with zero attached hydrogens (tertiary/aromatic N) is 7. The molecule has 6 rings (SSSR count). The molecule has 3 aromatic heterocycles. The highest BCUT2D eigenvalue weighted by atomic mass is 19.1. The number of fused-ring (bicyclic) bond motifs is 2. The smallest absolute Gasteiger partial charge is 0.410 e. The van der Waals surface area contributed by atoms with Crippen molar-refractivity contribution in [3.8, 4) is 5.69 Å². The number of ether oxygens (including phenoxy) is 1. The molecule has 47 heavy (non-hydrogen) atoms. The Morgan fingerprint density at radius 3 is 2.66 bits per heavy atom. The first-order valence-corrected chi connectivity index (χ1v) is 15.1. The van der Waals surface area contributed by atoms with Crippen molar-refractivity contribution in [2.45, 2.75) is 45.3 Å². The highest BCUT2D eigenvalue weighted by Gasteiger charge is 2.36. The summed E-state index contributed by atoms with van der Waals surface area (Å²) >= 11 is 0. The zero-order valence-electron chi connectivity index (χ0n) is 26.1. The second-order valence-corrected chi connectivity index (χ2v) is 12.3. The minimum atomic E-state index is -0.776. The molecule has 3 amide bonds. The van der Waals surface area contributed by atoms with Gasteiger partial charge in [-0.25, -0.2) is 19.2 Å². The van der Waals surface area contributed by atoms with Gasteiger partial charge in [0.05, 0.1) is 17.3 Å². The maximum Gasteiger partial charge on any atom is 0.410 e. The summed E-state index contributed by atoms with van der Waals surface area (Å²) in [7, 11) is 0. The average molecular weight is 637 g/mol. The number of pyridine rings is 2. The molecular formula is C34H33FN8O4. The van der Waals surface area contributed by atoms with E-state index < -0.39 is 35.4 Å². The Bertz CT molecular complexity index is 2040. The molecule has 2 N–H and O–H groups in total. The normalized spacial score (nSPS) is 15.3. The van der Waals surface area contributed by atoms with Gasteiger partial charge < -0.3 is 15.4 Å². The Kier molecular flexibility index (Phi) is 8.37. The molecule has 13 heteroatoms. The van der Waals surface area contributed by atoms with Crippen molar-refractivity contribution in [2.75, 3.05) is 18.0 Å². The van der Waals surface area contributed by atoms with Crippen molar-refractivity contribution in [3.63, 3.8) is 0 Å². The van der Waals surface area contributed by atoms with Crippen molar-refractivity contribution in [1.29, 1.82) is 0 Å². The number of aromatic nitrogens is 5. The maximum atomic E-state index is 16.0. The van der Waals surface area contributed by atoms with E-state index in [1.54, 1.807) is 74.5 Å². The van der Waals surface area contributed by atoms with Gasteiger partial charge in [-0.3, -0.25) is 14.5 Å². The number of carbonyl (C=O) groups excluding carboxylic acids is 3. The number of anilines is 1. The Labute approximate surface area is 269 Å². The third-order valence-electron chi connectivity index (χ3n) is 7.71. The number of likely N-dealkylation sites (tertiary alicyclic amines) is 1. The van der Waals surface area contributed by atoms with Crippen LogP contribution < -0.4 is 10.6 Å². The van der Waals surface area contributed by atoms with Crippen molar-refractivity contribution in [3.05, 3.63) is 90.0 Å². The third kappa shape index (κ3) is 6.64. The topological polar surface area (TPSA) is 149 Å². The van der Waals surface area contributed by atoms with Crippen LogP contribution in [0.1, 0.15) is 49.5 Å². The Morgan fingerprint density at radius 1 is 1.06 bits per heavy atom. The number of halogens is 1. The van der Waals surface area contributed by atoms with Crippen molar-refractivity contribution < 1.29 is 23.5 Å². The summed E-state index contributed by atoms with van der Waals surface area (Å²) in [6, 6.07) is 14.3. The Hall–Kier alpha value is -5.72. The molecule has 0 bridgehead atoms. The number of benzene rings is 2. The van der Waals surface area contributed by atoms with E-state index in [1.165, 1.54) is 27.8 Å². The quantitative estimate of drug-likeness (QED) is 0.255. The van der Waals surface area contributed by atoms with E-state index in [1.807, 2.05) is 12.1 Å². The fourth-order valence-electron chi connectivity index (χ4n) is 5.62. The number of primary amides is 1. The van der Waals surface area contributed by atoms with Gasteiger partial charge in [0.25, 0.3) is 5.91 Å². The number of rotatable bonds is 6. The summed E-state index contributed by atoms with van der Waals surface area (Å²) in [5.74, 6) is -1.73. The average Bonchev–Trinajstić information content (AvgIpc) is 3.47. The molecule has 2 aromatic carbocycles. The van der Waals surface area contributed by atoms with E-state index in [-0.39, 0.29) is 17.9 Å². The molecule has 0 spiro atoms. The van der Waals surface area contributed by atoms with Crippen LogP contribution in [0, 0.1) is 5.82 Å². The second-order valence-electron chi connectivity index (χ2n) is 12.3. The molecule has 1 aliphatic rings. The molecule has 1 atom stereocenters. The fraction of sp³-hybridized carbons (Fsp3) is 0.265. The van der Waals surface area contributed by atoms with Gasteiger partial charge in [-0.2, -0.15) is 4.68 Å². The van der Waals surface area contributed by atoms with Gasteiger partial charge in [0, 0.05) is 43.0 Å². The maximum absolute atomic E-state index is 16.0. The molecule has 4 heterocycles. The van der Waals surface area contributed by atoms with Crippen LogP contribution in [0.15, 0.2) is 73.1 Å². The van der Waals surface area contributed by atoms with E-state index in [0.29, 0.717) is 47.2 Å². The highest BCUT2D eigenvalue weighted by Crippen LogP contribution is 2.32. The molecule has 12 nitrogen and oxygen atoms in total. The summed E-state index contributed by atoms with van der Waals surface area (Å²) in [5.41, 5.74) is 6.39. The fourth-order valence-corrected chi connectivity index (χ4v) is 5.62. The van der Waals surface area contributed by atoms with E-state index in [0.717, 1.165) is 5.39 Å². The lowest BCUT2D eigenvalue weighted by Gasteiger charge is -2.39. The summed E-state index contributed by atoms with van der Waals surface area (Å²) in [4.78, 5) is 51.0. The number of hydrogen-bond acceptors (Lipinski definition) is 8. The Morgan fingerprint density at radius 2 is 1.89 bits per heavy atom. The number of piperidine rings is 1. The number of nitrogens with two attached hydrogens (primary N) is 1. The monoisotopic (exact) mass is 636 g/mol. The van der Waals surface area contributed by atoms with Crippen molar-refractivity contribution in [1.82, 2.24) is 29.9 Å². The second kappa shape index (κ2) is 12.6. The van der Waals surface area contributed by atoms with Crippen molar-refractivity contribution in [2.24, 2.45) is 5.73 Å². The lowest BCUT2D eigenvalue weighted by molar-refractivity contribution is -0.113. The first kappa shape index (κ1) is 31.3. The lowest BCUT2D eigenvalue weighted by Crippen LogP contribution is -2.53. The largest absolute Gasteiger partial charge is 0.444 e. The first-order chi connectivity index (χ1) is 22.5. The van der Waals surface area contributed by atoms with Gasteiger partial charge in [0.1, 0.15) is 22.8 Å². The predicted molar refractivity (Wildman–Crippen MR) is 174 cm³/mol. The zero-order chi connectivity index (χ0) is 33.3. The molecule has 1 aliphatic heterocycles. The molecule has 1 saturated heterocycles. The molecule has 0 radical (unpaired) electrons. The van der Waals surface area contributed by atoms with E-state index in [9.17, 15) is 14.4 Å². The molecular weight excluding hydrogens is 603 g/mol. The lowest BCUT2D eigenvalue weighted by atomic mass is 10.0. The van der Waals surface area contributed by atoms with Gasteiger partial charge in [0.2, 0.25) is 5.91 Å². The van der Waals surface area contributed by atoms with Crippen LogP contribution in [0.3, 0.4) is 0 Å². The van der Waals surface area contributed by atoms with Gasteiger partial charge in [-0.1, -0.05) is 17.3 Å². The van der Waals surface area contributed by atoms with Gasteiger partial charge >= 0.3 is 6.09 Å². The van der Waals surface area contributed by atoms with Crippen LogP contribution in [0.25, 0.3) is 33.7 Å². The summed E-state index contributed by atoms with van der Waals surface area (Å²) in [6.07, 6.45) is 6.59. The summed E-state index contributed by atoms with van der Waals surface area (Å²) in [6.45, 7) is 5.96. The summed E-state index contributed by atoms with van der Waals surface area (Å²) in [5, 5.41) is 9.55. The van der Waals surface area contributed by atoms with Gasteiger partial charge in [0.15, 0.2) is 5.65 Å². The predicted octanol–water partition coefficient (Wildman–Crippen LogP) is 5.05. The summed E-state index contributed by atoms with van der Waals surface area (Å²) < 4.78 is 23.0. The number of amides is 3. The highest BCUT2D eigenvalue weighted by molar-refractivity contribution is 6.10. The van der Waals surface area contributed by atoms with Gasteiger partial charge in [-0.15, -0.1) is 5.10 Å². The molecule has 0 unspecified atom stereocenters. The van der Waals surface area contributed by atoms with E-state index in [2.05, 4.69) is 20.3 Å². The number of hydrogen-bond donors (Lipinski definition) is 1. The van der Waals surface area contributed by atoms with Gasteiger partial charge in [-0.05, 0) is 87.0 Å². The molecule has 0 aliphatic carbocycles.